The van der Waals surface area contributed by atoms with Crippen molar-refractivity contribution in [1.29, 1.82) is 0 Å². The second-order valence-electron chi connectivity index (χ2n) is 11.1. The summed E-state index contributed by atoms with van der Waals surface area (Å²) < 4.78 is 0. The highest BCUT2D eigenvalue weighted by Gasteiger charge is 2.42. The number of aromatic amines is 1. The molecule has 2 aliphatic rings. The van der Waals surface area contributed by atoms with Gasteiger partial charge in [0.2, 0.25) is 5.91 Å². The zero-order valence-electron chi connectivity index (χ0n) is 21.0. The minimum absolute atomic E-state index is 0.0101. The summed E-state index contributed by atoms with van der Waals surface area (Å²) in [6.45, 7) is 10.3. The topological polar surface area (TPSA) is 75.0 Å². The second-order valence-corrected chi connectivity index (χ2v) is 11.1. The molecule has 1 saturated carbocycles. The van der Waals surface area contributed by atoms with E-state index in [1.807, 2.05) is 13.1 Å². The number of H-pyrrole nitrogens is 1. The molecular weight excluding hydrogens is 420 g/mol. The van der Waals surface area contributed by atoms with Crippen molar-refractivity contribution >= 4 is 16.8 Å². The zero-order valence-corrected chi connectivity index (χ0v) is 21.0. The number of aryl methyl sites for hydroxylation is 1. The third-order valence-corrected chi connectivity index (χ3v) is 8.21. The molecule has 1 aliphatic carbocycles. The van der Waals surface area contributed by atoms with Gasteiger partial charge in [0.25, 0.3) is 0 Å². The van der Waals surface area contributed by atoms with Gasteiger partial charge in [0, 0.05) is 47.0 Å². The van der Waals surface area contributed by atoms with E-state index in [-0.39, 0.29) is 17.4 Å². The number of carbonyl (C=O) groups is 1. The Kier molecular flexibility index (Phi) is 6.01. The Morgan fingerprint density at radius 2 is 1.94 bits per heavy atom. The van der Waals surface area contributed by atoms with Crippen LogP contribution in [0.15, 0.2) is 36.5 Å². The lowest BCUT2D eigenvalue weighted by molar-refractivity contribution is -0.138. The van der Waals surface area contributed by atoms with Gasteiger partial charge in [-0.15, -0.1) is 0 Å². The maximum atomic E-state index is 13.2. The maximum absolute atomic E-state index is 13.2. The van der Waals surface area contributed by atoms with Gasteiger partial charge in [-0.05, 0) is 86.8 Å². The van der Waals surface area contributed by atoms with Crippen LogP contribution in [0.1, 0.15) is 81.5 Å². The number of likely N-dealkylation sites (tertiary alicyclic amines) is 1. The molecule has 0 unspecified atom stereocenters. The van der Waals surface area contributed by atoms with Crippen LogP contribution in [0.4, 0.5) is 0 Å². The van der Waals surface area contributed by atoms with Gasteiger partial charge < -0.3 is 15.6 Å². The van der Waals surface area contributed by atoms with E-state index in [0.29, 0.717) is 11.8 Å². The Labute approximate surface area is 203 Å². The second kappa shape index (κ2) is 8.84. The monoisotopic (exact) mass is 458 g/mol. The largest absolute Gasteiger partial charge is 0.354 e. The molecular formula is C29H38N4O. The summed E-state index contributed by atoms with van der Waals surface area (Å²) in [7, 11) is 0. The molecule has 3 heterocycles. The van der Waals surface area contributed by atoms with E-state index in [1.54, 1.807) is 0 Å². The van der Waals surface area contributed by atoms with Crippen LogP contribution in [0.25, 0.3) is 22.2 Å². The minimum Gasteiger partial charge on any atom is -0.354 e. The van der Waals surface area contributed by atoms with Gasteiger partial charge in [-0.2, -0.15) is 0 Å². The number of fused-ring (bicyclic) bond motifs is 1. The van der Waals surface area contributed by atoms with Crippen molar-refractivity contribution in [1.82, 2.24) is 14.9 Å². The number of amides is 1. The number of carbonyl (C=O) groups excluding carboxylic acids is 1. The van der Waals surface area contributed by atoms with Crippen LogP contribution in [0.3, 0.4) is 0 Å². The van der Waals surface area contributed by atoms with Crippen LogP contribution in [-0.2, 0) is 4.79 Å². The first-order chi connectivity index (χ1) is 16.2. The molecule has 0 bridgehead atoms. The molecule has 1 aliphatic heterocycles. The summed E-state index contributed by atoms with van der Waals surface area (Å²) in [4.78, 5) is 23.3. The highest BCUT2D eigenvalue weighted by Crippen LogP contribution is 2.39. The van der Waals surface area contributed by atoms with Gasteiger partial charge in [-0.1, -0.05) is 26.3 Å². The first kappa shape index (κ1) is 23.1. The first-order valence-electron chi connectivity index (χ1n) is 12.9. The number of benzene rings is 1. The standard InChI is InChI=1S/C29H38N4O/c1-18(2)26-23-17-21(7-8-25(23)32-27(26)22-9-13-31-19(3)16-22)20-10-14-33(15-11-20)28(34)24-6-5-12-29(24,4)30/h7-9,13,16-18,20,24,32H,5-6,10-12,14-15,30H2,1-4H3/t24-,29-/m1/s1. The van der Waals surface area contributed by atoms with Gasteiger partial charge in [0.05, 0.1) is 11.6 Å². The Bertz CT molecular complexity index is 1200. The van der Waals surface area contributed by atoms with Crippen LogP contribution in [0.2, 0.25) is 0 Å². The number of hydrogen-bond acceptors (Lipinski definition) is 3. The fourth-order valence-electron chi connectivity index (χ4n) is 6.26. The van der Waals surface area contributed by atoms with E-state index in [2.05, 4.69) is 66.0 Å². The fourth-order valence-corrected chi connectivity index (χ4v) is 6.26. The summed E-state index contributed by atoms with van der Waals surface area (Å²) in [5.74, 6) is 1.16. The molecule has 1 amide bonds. The molecule has 5 heteroatoms. The Balaban J connectivity index is 1.38. The number of nitrogens with zero attached hydrogens (tertiary/aromatic N) is 2. The van der Waals surface area contributed by atoms with Crippen LogP contribution >= 0.6 is 0 Å². The molecule has 2 fully saturated rings. The third-order valence-electron chi connectivity index (χ3n) is 8.21. The normalized spacial score (nSPS) is 23.8. The number of nitrogens with one attached hydrogen (secondary N) is 1. The van der Waals surface area contributed by atoms with E-state index in [1.165, 1.54) is 33.3 Å². The lowest BCUT2D eigenvalue weighted by Crippen LogP contribution is -2.50. The highest BCUT2D eigenvalue weighted by molar-refractivity contribution is 5.92. The number of aromatic nitrogens is 2. The number of rotatable bonds is 4. The lowest BCUT2D eigenvalue weighted by atomic mass is 9.85. The van der Waals surface area contributed by atoms with Gasteiger partial charge >= 0.3 is 0 Å². The number of nitrogens with two attached hydrogens (primary N) is 1. The van der Waals surface area contributed by atoms with Crippen molar-refractivity contribution in [2.75, 3.05) is 13.1 Å². The predicted molar refractivity (Wildman–Crippen MR) is 139 cm³/mol. The van der Waals surface area contributed by atoms with Gasteiger partial charge in [0.15, 0.2) is 0 Å². The summed E-state index contributed by atoms with van der Waals surface area (Å²) >= 11 is 0. The lowest BCUT2D eigenvalue weighted by Gasteiger charge is -2.36. The summed E-state index contributed by atoms with van der Waals surface area (Å²) in [5.41, 5.74) is 13.5. The molecule has 5 nitrogen and oxygen atoms in total. The van der Waals surface area contributed by atoms with E-state index < -0.39 is 0 Å². The van der Waals surface area contributed by atoms with Crippen molar-refractivity contribution < 1.29 is 4.79 Å². The predicted octanol–water partition coefficient (Wildman–Crippen LogP) is 5.89. The number of hydrogen-bond donors (Lipinski definition) is 2. The Hall–Kier alpha value is -2.66. The zero-order chi connectivity index (χ0) is 24.0. The molecule has 2 aromatic heterocycles. The summed E-state index contributed by atoms with van der Waals surface area (Å²) in [6.07, 6.45) is 6.88. The number of piperidine rings is 1. The molecule has 2 atom stereocenters. The van der Waals surface area contributed by atoms with Crippen molar-refractivity contribution in [2.45, 2.75) is 77.2 Å². The quantitative estimate of drug-likeness (QED) is 0.512. The van der Waals surface area contributed by atoms with Crippen LogP contribution < -0.4 is 5.73 Å². The molecule has 3 N–H and O–H groups in total. The van der Waals surface area contributed by atoms with Crippen molar-refractivity contribution in [3.63, 3.8) is 0 Å². The Morgan fingerprint density at radius 1 is 1.18 bits per heavy atom. The van der Waals surface area contributed by atoms with Crippen molar-refractivity contribution in [3.8, 4) is 11.3 Å². The summed E-state index contributed by atoms with van der Waals surface area (Å²) in [5, 5.41) is 1.32. The Morgan fingerprint density at radius 3 is 2.59 bits per heavy atom. The SMILES string of the molecule is Cc1cc(-c2[nH]c3ccc(C4CCN(C(=O)[C@H]5CCC[C@@]5(C)N)CC4)cc3c2C(C)C)ccn1. The molecule has 5 rings (SSSR count). The van der Waals surface area contributed by atoms with E-state index in [4.69, 9.17) is 5.73 Å². The maximum Gasteiger partial charge on any atom is 0.227 e. The van der Waals surface area contributed by atoms with Crippen molar-refractivity contribution in [2.24, 2.45) is 11.7 Å². The van der Waals surface area contributed by atoms with E-state index in [9.17, 15) is 4.79 Å². The fraction of sp³-hybridized carbons (Fsp3) is 0.517. The van der Waals surface area contributed by atoms with Crippen molar-refractivity contribution in [3.05, 3.63) is 53.3 Å². The third kappa shape index (κ3) is 4.15. The smallest absolute Gasteiger partial charge is 0.227 e. The van der Waals surface area contributed by atoms with E-state index >= 15 is 0 Å². The molecule has 180 valence electrons. The molecule has 34 heavy (non-hydrogen) atoms. The highest BCUT2D eigenvalue weighted by atomic mass is 16.2. The average molecular weight is 459 g/mol. The molecule has 1 saturated heterocycles. The van der Waals surface area contributed by atoms with Gasteiger partial charge in [-0.25, -0.2) is 0 Å². The van der Waals surface area contributed by atoms with Gasteiger partial charge in [-0.3, -0.25) is 9.78 Å². The van der Waals surface area contributed by atoms with Gasteiger partial charge in [0.1, 0.15) is 0 Å². The molecule has 3 aromatic rings. The van der Waals surface area contributed by atoms with Crippen LogP contribution in [0.5, 0.6) is 0 Å². The first-order valence-corrected chi connectivity index (χ1v) is 12.9. The minimum atomic E-state index is -0.342. The van der Waals surface area contributed by atoms with Crippen LogP contribution in [0, 0.1) is 12.8 Å². The molecule has 0 spiro atoms. The van der Waals surface area contributed by atoms with E-state index in [0.717, 1.165) is 50.9 Å². The number of pyridine rings is 1. The average Bonchev–Trinajstić information content (AvgIpc) is 3.37. The molecule has 1 aromatic carbocycles. The summed E-state index contributed by atoms with van der Waals surface area (Å²) in [6, 6.07) is 11.2. The molecule has 0 radical (unpaired) electrons. The van der Waals surface area contributed by atoms with Crippen LogP contribution in [-0.4, -0.2) is 39.4 Å².